The lowest BCUT2D eigenvalue weighted by Gasteiger charge is -2.34. The molecule has 0 bridgehead atoms. The number of allylic oxidation sites excluding steroid dienone is 1. The fraction of sp³-hybridized carbons (Fsp3) is 0.590. The maximum atomic E-state index is 14.6. The lowest BCUT2D eigenvalue weighted by atomic mass is 9.94. The molecule has 6 aliphatic rings. The monoisotopic (exact) mass is 746 g/mol. The van der Waals surface area contributed by atoms with Gasteiger partial charge in [0.15, 0.2) is 0 Å². The first-order valence-electron chi connectivity index (χ1n) is 19.4. The first-order chi connectivity index (χ1) is 25.6. The molecule has 4 N–H and O–H groups in total. The molecule has 2 aromatic rings. The first kappa shape index (κ1) is 36.0. The first-order valence-corrected chi connectivity index (χ1v) is 20.9. The highest BCUT2D eigenvalue weighted by Crippen LogP contribution is 2.46. The van der Waals surface area contributed by atoms with Crippen molar-refractivity contribution in [3.63, 3.8) is 0 Å². The average Bonchev–Trinajstić information content (AvgIpc) is 3.93. The Morgan fingerprint density at radius 2 is 1.62 bits per heavy atom. The molecule has 53 heavy (non-hydrogen) atoms. The Bertz CT molecular complexity index is 1870. The summed E-state index contributed by atoms with van der Waals surface area (Å²) >= 11 is 0. The summed E-state index contributed by atoms with van der Waals surface area (Å²) in [7, 11) is -4.13. The van der Waals surface area contributed by atoms with Crippen LogP contribution in [0, 0.1) is 5.92 Å². The van der Waals surface area contributed by atoms with Crippen molar-refractivity contribution in [1.29, 1.82) is 0 Å². The third kappa shape index (κ3) is 7.81. The van der Waals surface area contributed by atoms with E-state index in [9.17, 15) is 27.6 Å². The van der Waals surface area contributed by atoms with Crippen LogP contribution in [0.2, 0.25) is 0 Å². The number of hydrogen-bond acceptors (Lipinski definition) is 8. The topological polar surface area (TPSA) is 166 Å². The van der Waals surface area contributed by atoms with E-state index in [-0.39, 0.29) is 37.1 Å². The molecule has 0 aromatic heterocycles. The molecule has 0 spiro atoms. The van der Waals surface area contributed by atoms with Crippen LogP contribution in [0.4, 0.5) is 4.79 Å². The second-order valence-electron chi connectivity index (χ2n) is 15.9. The third-order valence-corrected chi connectivity index (χ3v) is 13.1. The van der Waals surface area contributed by atoms with Crippen LogP contribution < -0.4 is 20.1 Å². The van der Waals surface area contributed by atoms with Gasteiger partial charge in [0.1, 0.15) is 23.7 Å². The van der Waals surface area contributed by atoms with Crippen molar-refractivity contribution >= 4 is 44.8 Å². The zero-order valence-corrected chi connectivity index (χ0v) is 30.9. The number of fused-ring (bicyclic) bond motifs is 2. The number of nitrogens with one attached hydrogen (secondary N) is 4. The Balaban J connectivity index is 1.08. The minimum atomic E-state index is -4.13. The molecular weight excluding hydrogens is 697 g/mol. The van der Waals surface area contributed by atoms with E-state index >= 15 is 0 Å². The van der Waals surface area contributed by atoms with Gasteiger partial charge >= 0.3 is 16.3 Å². The van der Waals surface area contributed by atoms with Crippen LogP contribution in [0.15, 0.2) is 48.6 Å². The Hall–Kier alpha value is -4.01. The van der Waals surface area contributed by atoms with Gasteiger partial charge in [-0.15, -0.1) is 0 Å². The van der Waals surface area contributed by atoms with Gasteiger partial charge in [0.25, 0.3) is 5.91 Å². The lowest BCUT2D eigenvalue weighted by molar-refractivity contribution is -0.141. The zero-order valence-electron chi connectivity index (χ0n) is 30.1. The van der Waals surface area contributed by atoms with Crippen LogP contribution in [0.1, 0.15) is 94.6 Å². The molecule has 14 heteroatoms. The van der Waals surface area contributed by atoms with Crippen molar-refractivity contribution < 1.29 is 32.3 Å². The molecular formula is C39H50N6O7S. The summed E-state index contributed by atoms with van der Waals surface area (Å²) in [5.74, 6) is -2.06. The fourth-order valence-electron chi connectivity index (χ4n) is 8.87. The largest absolute Gasteiger partial charge is 0.446 e. The molecule has 3 saturated carbocycles. The van der Waals surface area contributed by atoms with Gasteiger partial charge in [-0.2, -0.15) is 13.1 Å². The summed E-state index contributed by atoms with van der Waals surface area (Å²) in [4.78, 5) is 60.0. The Morgan fingerprint density at radius 3 is 2.34 bits per heavy atom. The number of amides is 4. The molecule has 4 fully saturated rings. The molecule has 3 aliphatic carbocycles. The van der Waals surface area contributed by atoms with Crippen LogP contribution in [-0.2, 0) is 42.4 Å². The molecule has 4 unspecified atom stereocenters. The predicted molar refractivity (Wildman–Crippen MR) is 197 cm³/mol. The molecule has 284 valence electrons. The molecule has 1 saturated heterocycles. The van der Waals surface area contributed by atoms with E-state index in [2.05, 4.69) is 49.2 Å². The van der Waals surface area contributed by atoms with Gasteiger partial charge in [0.2, 0.25) is 11.8 Å². The maximum Gasteiger partial charge on any atom is 0.408 e. The Morgan fingerprint density at radius 1 is 0.906 bits per heavy atom. The van der Waals surface area contributed by atoms with E-state index < -0.39 is 51.7 Å². The van der Waals surface area contributed by atoms with Crippen LogP contribution in [0.25, 0.3) is 10.8 Å². The summed E-state index contributed by atoms with van der Waals surface area (Å²) in [5.41, 5.74) is 0.896. The molecule has 4 amide bonds. The SMILES string of the molecule is O=C(NC1CCCCC/C=C/C2CC2(C(=O)NS(=O)(=O)NC2CC2)NC(=O)C2C[C@@H](N3Cc4cccc5cccc(c45)C3)CN2C1=O)OC1CCCC1. The van der Waals surface area contributed by atoms with Gasteiger partial charge in [0, 0.05) is 37.6 Å². The highest BCUT2D eigenvalue weighted by atomic mass is 32.2. The second kappa shape index (κ2) is 14.7. The summed E-state index contributed by atoms with van der Waals surface area (Å²) in [6, 6.07) is 10.3. The third-order valence-electron chi connectivity index (χ3n) is 12.0. The number of ether oxygens (including phenoxy) is 1. The molecule has 3 heterocycles. The van der Waals surface area contributed by atoms with Gasteiger partial charge in [-0.1, -0.05) is 61.4 Å². The van der Waals surface area contributed by atoms with E-state index in [4.69, 9.17) is 4.74 Å². The fourth-order valence-corrected chi connectivity index (χ4v) is 10.0. The summed E-state index contributed by atoms with van der Waals surface area (Å²) in [6.07, 6.45) is 12.1. The zero-order chi connectivity index (χ0) is 36.7. The Labute approximate surface area is 310 Å². The van der Waals surface area contributed by atoms with Gasteiger partial charge in [-0.3, -0.25) is 19.3 Å². The molecule has 0 radical (unpaired) electrons. The summed E-state index contributed by atoms with van der Waals surface area (Å²) in [6.45, 7) is 1.55. The van der Waals surface area contributed by atoms with Crippen LogP contribution in [-0.4, -0.2) is 84.4 Å². The Kier molecular flexibility index (Phi) is 9.96. The average molecular weight is 747 g/mol. The molecule has 8 rings (SSSR count). The van der Waals surface area contributed by atoms with E-state index in [1.54, 1.807) is 4.90 Å². The van der Waals surface area contributed by atoms with Gasteiger partial charge in [-0.05, 0) is 92.5 Å². The highest BCUT2D eigenvalue weighted by molar-refractivity contribution is 7.88. The number of rotatable bonds is 7. The smallest absolute Gasteiger partial charge is 0.408 e. The maximum absolute atomic E-state index is 14.6. The molecule has 5 atom stereocenters. The van der Waals surface area contributed by atoms with Gasteiger partial charge in [-0.25, -0.2) is 9.52 Å². The minimum absolute atomic E-state index is 0.169. The summed E-state index contributed by atoms with van der Waals surface area (Å²) < 4.78 is 36.0. The van der Waals surface area contributed by atoms with Gasteiger partial charge in [0.05, 0.1) is 0 Å². The molecule has 2 aromatic carbocycles. The number of carbonyl (C=O) groups is 4. The van der Waals surface area contributed by atoms with E-state index in [0.29, 0.717) is 45.2 Å². The van der Waals surface area contributed by atoms with Crippen molar-refractivity contribution in [2.45, 2.75) is 132 Å². The van der Waals surface area contributed by atoms with E-state index in [1.807, 2.05) is 24.3 Å². The van der Waals surface area contributed by atoms with Crippen LogP contribution >= 0.6 is 0 Å². The standard InChI is InChI=1S/C39H50N6O7S/c46-35-33-20-30(44-22-26-12-8-10-25-11-9-13-27(23-44)34(25)26)24-45(33)36(47)32(40-38(49)52-31-15-6-7-16-31)17-5-3-1-2-4-14-28-21-39(28,41-35)37(48)43-53(50,51)42-29-18-19-29/h4,8-14,28-33,42H,1-3,5-7,15-24H2,(H,40,49)(H,41,46)(H,43,48)/b14-4+/t28?,30-,32?,33?,39?/m1/s1. The van der Waals surface area contributed by atoms with Crippen molar-refractivity contribution in [3.05, 3.63) is 59.7 Å². The lowest BCUT2D eigenvalue weighted by Crippen LogP contribution is -2.59. The quantitative estimate of drug-likeness (QED) is 0.312. The van der Waals surface area contributed by atoms with Gasteiger partial charge < -0.3 is 20.3 Å². The van der Waals surface area contributed by atoms with Crippen LogP contribution in [0.3, 0.4) is 0 Å². The number of carbonyl (C=O) groups excluding carboxylic acids is 4. The van der Waals surface area contributed by atoms with Crippen molar-refractivity contribution in [2.75, 3.05) is 6.54 Å². The molecule has 3 aliphatic heterocycles. The summed E-state index contributed by atoms with van der Waals surface area (Å²) in [5, 5.41) is 8.25. The van der Waals surface area contributed by atoms with Crippen molar-refractivity contribution in [2.24, 2.45) is 5.92 Å². The van der Waals surface area contributed by atoms with Crippen molar-refractivity contribution in [3.8, 4) is 0 Å². The molecule has 13 nitrogen and oxygen atoms in total. The van der Waals surface area contributed by atoms with E-state index in [1.165, 1.54) is 21.9 Å². The number of nitrogens with zero attached hydrogens (tertiary/aromatic N) is 2. The normalized spacial score (nSPS) is 30.4. The predicted octanol–water partition coefficient (Wildman–Crippen LogP) is 3.67. The van der Waals surface area contributed by atoms with Crippen LogP contribution in [0.5, 0.6) is 0 Å². The van der Waals surface area contributed by atoms with Crippen molar-refractivity contribution in [1.82, 2.24) is 29.9 Å². The van der Waals surface area contributed by atoms with E-state index in [0.717, 1.165) is 44.9 Å². The number of alkyl carbamates (subject to hydrolysis) is 1. The minimum Gasteiger partial charge on any atom is -0.446 e. The number of benzene rings is 2. The second-order valence-corrected chi connectivity index (χ2v) is 17.4. The number of hydrogen-bond donors (Lipinski definition) is 4. The highest BCUT2D eigenvalue weighted by Gasteiger charge is 2.62.